The standard InChI is InChI=1S/2C29H44O4/c2*1-16(15-21-24(32-21)18(3)30)28-13-12-27(7)19-8-9-22-25(4,5)23(31)10-11-26(22,6)20(19)14-17(2)29(27,28)33-28/h2*8,16-17,20-24,31H,9-15H2,1-7H3/t2*16-,17-,20-,21+,22+,23-,24+,26-,27+,28-,29-/m11/s1. The number of epoxide rings is 4. The Morgan fingerprint density at radius 2 is 0.970 bits per heavy atom. The van der Waals surface area contributed by atoms with E-state index in [0.717, 1.165) is 64.2 Å². The molecule has 12 rings (SSSR count). The van der Waals surface area contributed by atoms with Gasteiger partial charge < -0.3 is 29.2 Å². The Balaban J connectivity index is 0.000000146. The molecule has 0 radical (unpaired) electrons. The lowest BCUT2D eigenvalue weighted by Gasteiger charge is -2.63. The molecule has 66 heavy (non-hydrogen) atoms. The van der Waals surface area contributed by atoms with Gasteiger partial charge in [0.15, 0.2) is 11.6 Å². The molecule has 0 amide bonds. The van der Waals surface area contributed by atoms with E-state index >= 15 is 0 Å². The van der Waals surface area contributed by atoms with Gasteiger partial charge in [0, 0.05) is 10.8 Å². The molecule has 8 nitrogen and oxygen atoms in total. The number of ether oxygens (including phenoxy) is 4. The molecule has 6 saturated carbocycles. The highest BCUT2D eigenvalue weighted by molar-refractivity contribution is 5.83. The normalized spacial score (nSPS) is 56.5. The van der Waals surface area contributed by atoms with Crippen molar-refractivity contribution in [3.05, 3.63) is 23.3 Å². The smallest absolute Gasteiger partial charge is 0.161 e. The summed E-state index contributed by atoms with van der Waals surface area (Å²) in [6.07, 6.45) is 19.9. The van der Waals surface area contributed by atoms with Crippen LogP contribution in [0.25, 0.3) is 0 Å². The van der Waals surface area contributed by atoms with E-state index in [0.29, 0.717) is 47.3 Å². The molecule has 4 saturated heterocycles. The molecule has 8 heteroatoms. The first kappa shape index (κ1) is 46.9. The Bertz CT molecular complexity index is 1990. The third-order valence-electron chi connectivity index (χ3n) is 24.6. The molecule has 0 aromatic carbocycles. The van der Waals surface area contributed by atoms with E-state index in [1.165, 1.54) is 25.7 Å². The molecule has 4 aliphatic heterocycles. The number of rotatable bonds is 8. The maximum Gasteiger partial charge on any atom is 0.161 e. The van der Waals surface area contributed by atoms with Crippen LogP contribution in [0.3, 0.4) is 0 Å². The lowest BCUT2D eigenvalue weighted by atomic mass is 9.42. The van der Waals surface area contributed by atoms with Crippen LogP contribution >= 0.6 is 0 Å². The van der Waals surface area contributed by atoms with Gasteiger partial charge in [0.05, 0.1) is 24.4 Å². The molecule has 0 aromatic rings. The number of hydrogen-bond acceptors (Lipinski definition) is 8. The molecule has 368 valence electrons. The van der Waals surface area contributed by atoms with Gasteiger partial charge in [0.25, 0.3) is 0 Å². The molecule has 4 heterocycles. The van der Waals surface area contributed by atoms with Crippen LogP contribution in [0, 0.1) is 79.8 Å². The van der Waals surface area contributed by atoms with Gasteiger partial charge in [-0.1, -0.05) is 106 Å². The lowest BCUT2D eigenvalue weighted by molar-refractivity contribution is -0.131. The minimum Gasteiger partial charge on any atom is -0.393 e. The molecule has 0 unspecified atom stereocenters. The number of allylic oxidation sites excluding steroid dienone is 2. The van der Waals surface area contributed by atoms with E-state index in [1.807, 2.05) is 0 Å². The zero-order chi connectivity index (χ0) is 47.5. The van der Waals surface area contributed by atoms with Crippen molar-refractivity contribution in [1.82, 2.24) is 0 Å². The summed E-state index contributed by atoms with van der Waals surface area (Å²) in [6, 6.07) is 0. The summed E-state index contributed by atoms with van der Waals surface area (Å²) in [5.41, 5.74) is 3.78. The number of aliphatic hydroxyl groups is 2. The van der Waals surface area contributed by atoms with Crippen molar-refractivity contribution in [3.8, 4) is 0 Å². The van der Waals surface area contributed by atoms with Crippen LogP contribution in [0.5, 0.6) is 0 Å². The zero-order valence-electron chi connectivity index (χ0n) is 43.5. The van der Waals surface area contributed by atoms with E-state index in [2.05, 4.69) is 95.2 Å². The summed E-state index contributed by atoms with van der Waals surface area (Å²) in [5, 5.41) is 21.7. The largest absolute Gasteiger partial charge is 0.393 e. The van der Waals surface area contributed by atoms with Crippen LogP contribution < -0.4 is 0 Å². The molecule has 22 atom stereocenters. The number of fused-ring (bicyclic) bond motifs is 8. The van der Waals surface area contributed by atoms with Gasteiger partial charge in [0.2, 0.25) is 0 Å². The van der Waals surface area contributed by atoms with Crippen molar-refractivity contribution < 1.29 is 38.7 Å². The van der Waals surface area contributed by atoms with Crippen molar-refractivity contribution in [2.45, 2.75) is 246 Å². The van der Waals surface area contributed by atoms with Crippen LogP contribution in [0.15, 0.2) is 23.3 Å². The average Bonchev–Trinajstić information content (AvgIpc) is 4.12. The minimum atomic E-state index is -0.191. The Kier molecular flexibility index (Phi) is 10.1. The second-order valence-electron chi connectivity index (χ2n) is 27.8. The van der Waals surface area contributed by atoms with Gasteiger partial charge in [0.1, 0.15) is 34.6 Å². The van der Waals surface area contributed by atoms with Crippen molar-refractivity contribution in [3.63, 3.8) is 0 Å². The maximum atomic E-state index is 11.7. The molecule has 12 aliphatic rings. The quantitative estimate of drug-likeness (QED) is 0.182. The fraction of sp³-hybridized carbons (Fsp3) is 0.897. The third kappa shape index (κ3) is 5.56. The molecule has 2 spiro atoms. The summed E-state index contributed by atoms with van der Waals surface area (Å²) in [6.45, 7) is 32.2. The SMILES string of the molecule is CC(=O)[C@@H]1O[C@H]1C[C@@H](C)[C@]12CC[C@@]3(C)C4=CC[C@H]5C(C)(C)[C@H](O)CC[C@]5(C)[C@@H]4C[C@@H](C)[C@@]31O2.CC(=O)[C@@H]1O[C@H]1C[C@@H](C)[C@]12CC[C@@]3(C)C4=CC[C@H]5C(C)(C)[C@H](O)CC[C@]5(C)[C@@H]4C[C@@H](C)[C@@]31O2. The van der Waals surface area contributed by atoms with E-state index in [1.54, 1.807) is 25.0 Å². The highest BCUT2D eigenvalue weighted by Crippen LogP contribution is 2.83. The van der Waals surface area contributed by atoms with Crippen molar-refractivity contribution >= 4 is 11.6 Å². The Morgan fingerprint density at radius 1 is 0.606 bits per heavy atom. The fourth-order valence-corrected chi connectivity index (χ4v) is 20.8. The lowest BCUT2D eigenvalue weighted by Crippen LogP contribution is -2.59. The van der Waals surface area contributed by atoms with Gasteiger partial charge in [-0.3, -0.25) is 9.59 Å². The zero-order valence-corrected chi connectivity index (χ0v) is 43.5. The van der Waals surface area contributed by atoms with E-state index in [-0.39, 0.29) is 103 Å². The molecular weight excluding hydrogens is 825 g/mol. The highest BCUT2D eigenvalue weighted by Gasteiger charge is 2.88. The van der Waals surface area contributed by atoms with Gasteiger partial charge in [-0.05, 0) is 173 Å². The van der Waals surface area contributed by atoms with Crippen molar-refractivity contribution in [2.75, 3.05) is 0 Å². The monoisotopic (exact) mass is 913 g/mol. The number of ketones is 2. The Hall–Kier alpha value is -1.42. The second kappa shape index (κ2) is 14.2. The van der Waals surface area contributed by atoms with Crippen molar-refractivity contribution in [2.24, 2.45) is 79.8 Å². The van der Waals surface area contributed by atoms with Crippen LogP contribution in [0.1, 0.15) is 187 Å². The first-order valence-corrected chi connectivity index (χ1v) is 27.2. The summed E-state index contributed by atoms with van der Waals surface area (Å²) in [5.74, 6) is 4.44. The molecular formula is C58H88O8. The predicted molar refractivity (Wildman–Crippen MR) is 255 cm³/mol. The van der Waals surface area contributed by atoms with Crippen LogP contribution in [-0.4, -0.2) is 80.8 Å². The highest BCUT2D eigenvalue weighted by atomic mass is 16.6. The number of carbonyl (C=O) groups is 2. The molecule has 10 fully saturated rings. The van der Waals surface area contributed by atoms with Crippen LogP contribution in [0.2, 0.25) is 0 Å². The van der Waals surface area contributed by atoms with Gasteiger partial charge in [-0.15, -0.1) is 0 Å². The topological polar surface area (TPSA) is 125 Å². The number of Topliss-reactive ketones (excluding diaryl/α,β-unsaturated/α-hetero) is 2. The third-order valence-corrected chi connectivity index (χ3v) is 24.6. The fourth-order valence-electron chi connectivity index (χ4n) is 20.8. The van der Waals surface area contributed by atoms with Crippen LogP contribution in [0.4, 0.5) is 0 Å². The predicted octanol–water partition coefficient (Wildman–Crippen LogP) is 10.9. The minimum absolute atomic E-state index is 0.0319. The Labute approximate surface area is 397 Å². The number of aliphatic hydroxyl groups excluding tert-OH is 2. The molecule has 0 bridgehead atoms. The van der Waals surface area contributed by atoms with E-state index in [4.69, 9.17) is 18.9 Å². The van der Waals surface area contributed by atoms with Gasteiger partial charge in [-0.25, -0.2) is 0 Å². The number of hydrogen-bond donors (Lipinski definition) is 2. The summed E-state index contributed by atoms with van der Waals surface area (Å²) < 4.78 is 25.4. The first-order chi connectivity index (χ1) is 30.7. The second-order valence-corrected chi connectivity index (χ2v) is 27.8. The maximum absolute atomic E-state index is 11.7. The van der Waals surface area contributed by atoms with Crippen molar-refractivity contribution in [1.29, 1.82) is 0 Å². The summed E-state index contributed by atoms with van der Waals surface area (Å²) in [4.78, 5) is 23.5. The first-order valence-electron chi connectivity index (χ1n) is 27.2. The van der Waals surface area contributed by atoms with E-state index in [9.17, 15) is 19.8 Å². The van der Waals surface area contributed by atoms with E-state index < -0.39 is 0 Å². The van der Waals surface area contributed by atoms with Crippen LogP contribution in [-0.2, 0) is 28.5 Å². The Morgan fingerprint density at radius 3 is 1.30 bits per heavy atom. The average molecular weight is 913 g/mol. The summed E-state index contributed by atoms with van der Waals surface area (Å²) >= 11 is 0. The molecule has 2 N–H and O–H groups in total. The molecule has 8 aliphatic carbocycles. The number of carbonyl (C=O) groups excluding carboxylic acids is 2. The summed E-state index contributed by atoms with van der Waals surface area (Å²) in [7, 11) is 0. The van der Waals surface area contributed by atoms with Gasteiger partial charge >= 0.3 is 0 Å². The molecule has 0 aromatic heterocycles. The van der Waals surface area contributed by atoms with Gasteiger partial charge in [-0.2, -0.15) is 0 Å².